The van der Waals surface area contributed by atoms with E-state index < -0.39 is 6.23 Å². The van der Waals surface area contributed by atoms with Crippen molar-refractivity contribution in [2.45, 2.75) is 26.5 Å². The van der Waals surface area contributed by atoms with E-state index in [1.807, 2.05) is 13.8 Å². The van der Waals surface area contributed by atoms with Gasteiger partial charge < -0.3 is 10.8 Å². The summed E-state index contributed by atoms with van der Waals surface area (Å²) >= 11 is 0. The van der Waals surface area contributed by atoms with Crippen molar-refractivity contribution in [1.29, 1.82) is 0 Å². The van der Waals surface area contributed by atoms with E-state index >= 15 is 0 Å². The van der Waals surface area contributed by atoms with Gasteiger partial charge in [0.1, 0.15) is 6.23 Å². The Morgan fingerprint density at radius 2 is 2.00 bits per heavy atom. The van der Waals surface area contributed by atoms with Crippen LogP contribution >= 0.6 is 0 Å². The molecule has 2 heteroatoms. The van der Waals surface area contributed by atoms with E-state index in [4.69, 9.17) is 10.8 Å². The van der Waals surface area contributed by atoms with E-state index in [1.54, 1.807) is 0 Å². The molecule has 44 valence electrons. The summed E-state index contributed by atoms with van der Waals surface area (Å²) in [6.45, 7) is 4.05. The zero-order valence-corrected chi connectivity index (χ0v) is 4.89. The van der Waals surface area contributed by atoms with Gasteiger partial charge >= 0.3 is 0 Å². The van der Waals surface area contributed by atoms with Crippen LogP contribution in [0.5, 0.6) is 0 Å². The van der Waals surface area contributed by atoms with Crippen molar-refractivity contribution in [2.75, 3.05) is 0 Å². The molecule has 0 spiro atoms. The lowest BCUT2D eigenvalue weighted by molar-refractivity contribution is 0.156. The zero-order valence-electron chi connectivity index (χ0n) is 4.89. The minimum absolute atomic E-state index is 0.500. The summed E-state index contributed by atoms with van der Waals surface area (Å²) in [5.41, 5.74) is 5.05. The molecule has 7 heavy (non-hydrogen) atoms. The molecule has 0 aromatic heterocycles. The fraction of sp³-hybridized carbons (Fsp3) is 1.00. The topological polar surface area (TPSA) is 46.2 Å². The normalized spacial score (nSPS) is 15.0. The van der Waals surface area contributed by atoms with Crippen molar-refractivity contribution in [3.63, 3.8) is 0 Å². The Morgan fingerprint density at radius 1 is 1.57 bits per heavy atom. The SMILES string of the molecule is CC(C)CC(N)O. The number of rotatable bonds is 2. The monoisotopic (exact) mass is 103 g/mol. The number of nitrogens with two attached hydrogens (primary N) is 1. The third-order valence-corrected chi connectivity index (χ3v) is 0.713. The molecule has 0 aromatic rings. The lowest BCUT2D eigenvalue weighted by atomic mass is 10.1. The zero-order chi connectivity index (χ0) is 5.86. The van der Waals surface area contributed by atoms with E-state index in [2.05, 4.69) is 0 Å². The number of aliphatic hydroxyl groups excluding tert-OH is 1. The molecule has 0 amide bonds. The van der Waals surface area contributed by atoms with Crippen LogP contribution in [0.3, 0.4) is 0 Å². The summed E-state index contributed by atoms with van der Waals surface area (Å²) in [4.78, 5) is 0. The van der Waals surface area contributed by atoms with Gasteiger partial charge in [-0.1, -0.05) is 13.8 Å². The molecular formula is C5H13NO. The van der Waals surface area contributed by atoms with Crippen molar-refractivity contribution in [1.82, 2.24) is 0 Å². The molecule has 0 aromatic carbocycles. The summed E-state index contributed by atoms with van der Waals surface area (Å²) < 4.78 is 0. The maximum absolute atomic E-state index is 8.50. The molecule has 0 saturated carbocycles. The average Bonchev–Trinajstić information content (AvgIpc) is 1.27. The van der Waals surface area contributed by atoms with Crippen molar-refractivity contribution in [2.24, 2.45) is 11.7 Å². The Hall–Kier alpha value is -0.0800. The highest BCUT2D eigenvalue weighted by atomic mass is 16.3. The van der Waals surface area contributed by atoms with Crippen LogP contribution in [-0.4, -0.2) is 11.3 Å². The standard InChI is InChI=1S/C5H13NO/c1-4(2)3-5(6)7/h4-5,7H,3,6H2,1-2H3. The van der Waals surface area contributed by atoms with Crippen molar-refractivity contribution < 1.29 is 5.11 Å². The Labute approximate surface area is 44.3 Å². The van der Waals surface area contributed by atoms with Crippen LogP contribution in [0.15, 0.2) is 0 Å². The van der Waals surface area contributed by atoms with Crippen LogP contribution in [0.4, 0.5) is 0 Å². The second kappa shape index (κ2) is 2.99. The highest BCUT2D eigenvalue weighted by Gasteiger charge is 1.97. The van der Waals surface area contributed by atoms with Gasteiger partial charge in [0.25, 0.3) is 0 Å². The average molecular weight is 103 g/mol. The number of hydrogen-bond acceptors (Lipinski definition) is 2. The first-order chi connectivity index (χ1) is 3.13. The Morgan fingerprint density at radius 3 is 2.00 bits per heavy atom. The minimum Gasteiger partial charge on any atom is -0.379 e. The molecule has 1 atom stereocenters. The van der Waals surface area contributed by atoms with Gasteiger partial charge in [0.15, 0.2) is 0 Å². The fourth-order valence-electron chi connectivity index (χ4n) is 0.483. The van der Waals surface area contributed by atoms with Gasteiger partial charge in [-0.2, -0.15) is 0 Å². The first-order valence-electron chi connectivity index (χ1n) is 2.56. The quantitative estimate of drug-likeness (QED) is 0.494. The molecule has 0 bridgehead atoms. The molecule has 0 aliphatic heterocycles. The Balaban J connectivity index is 2.95. The Bertz CT molecular complexity index is 37.3. The first kappa shape index (κ1) is 6.92. The largest absolute Gasteiger partial charge is 0.379 e. The molecule has 0 heterocycles. The maximum atomic E-state index is 8.50. The smallest absolute Gasteiger partial charge is 0.102 e. The molecule has 0 fully saturated rings. The summed E-state index contributed by atoms with van der Waals surface area (Å²) in [5.74, 6) is 0.500. The Kier molecular flexibility index (Phi) is 2.96. The molecule has 1 unspecified atom stereocenters. The molecule has 0 rings (SSSR count). The van der Waals surface area contributed by atoms with E-state index in [-0.39, 0.29) is 0 Å². The molecule has 0 aliphatic carbocycles. The van der Waals surface area contributed by atoms with Gasteiger partial charge in [0, 0.05) is 0 Å². The molecule has 0 saturated heterocycles. The molecular weight excluding hydrogens is 90.1 g/mol. The minimum atomic E-state index is -0.625. The second-order valence-corrected chi connectivity index (χ2v) is 2.20. The number of aliphatic hydroxyl groups is 1. The summed E-state index contributed by atoms with van der Waals surface area (Å²) in [7, 11) is 0. The van der Waals surface area contributed by atoms with Gasteiger partial charge in [0.2, 0.25) is 0 Å². The van der Waals surface area contributed by atoms with Gasteiger partial charge in [-0.05, 0) is 12.3 Å². The third-order valence-electron chi connectivity index (χ3n) is 0.713. The van der Waals surface area contributed by atoms with E-state index in [9.17, 15) is 0 Å². The number of hydrogen-bond donors (Lipinski definition) is 2. The predicted octanol–water partition coefficient (Wildman–Crippen LogP) is 0.310. The lowest BCUT2D eigenvalue weighted by Gasteiger charge is -2.04. The van der Waals surface area contributed by atoms with E-state index in [0.29, 0.717) is 12.3 Å². The van der Waals surface area contributed by atoms with Crippen LogP contribution < -0.4 is 5.73 Å². The summed E-state index contributed by atoms with van der Waals surface area (Å²) in [5, 5.41) is 8.50. The van der Waals surface area contributed by atoms with Crippen LogP contribution in [0.25, 0.3) is 0 Å². The summed E-state index contributed by atoms with van der Waals surface area (Å²) in [6.07, 6.45) is 0.0694. The van der Waals surface area contributed by atoms with Gasteiger partial charge in [-0.3, -0.25) is 0 Å². The van der Waals surface area contributed by atoms with E-state index in [0.717, 1.165) is 0 Å². The highest BCUT2D eigenvalue weighted by molar-refractivity contribution is 4.47. The maximum Gasteiger partial charge on any atom is 0.102 e. The second-order valence-electron chi connectivity index (χ2n) is 2.20. The third kappa shape index (κ3) is 5.92. The highest BCUT2D eigenvalue weighted by Crippen LogP contribution is 1.98. The van der Waals surface area contributed by atoms with Crippen molar-refractivity contribution in [3.05, 3.63) is 0 Å². The van der Waals surface area contributed by atoms with Crippen LogP contribution in [-0.2, 0) is 0 Å². The molecule has 0 aliphatic rings. The lowest BCUT2D eigenvalue weighted by Crippen LogP contribution is -2.20. The molecule has 3 N–H and O–H groups in total. The van der Waals surface area contributed by atoms with Crippen LogP contribution in [0.1, 0.15) is 20.3 Å². The van der Waals surface area contributed by atoms with E-state index in [1.165, 1.54) is 0 Å². The first-order valence-corrected chi connectivity index (χ1v) is 2.56. The van der Waals surface area contributed by atoms with Crippen molar-refractivity contribution >= 4 is 0 Å². The van der Waals surface area contributed by atoms with Crippen LogP contribution in [0.2, 0.25) is 0 Å². The van der Waals surface area contributed by atoms with Gasteiger partial charge in [-0.25, -0.2) is 0 Å². The van der Waals surface area contributed by atoms with Crippen LogP contribution in [0, 0.1) is 5.92 Å². The molecule has 2 nitrogen and oxygen atoms in total. The van der Waals surface area contributed by atoms with Gasteiger partial charge in [-0.15, -0.1) is 0 Å². The predicted molar refractivity (Wildman–Crippen MR) is 29.6 cm³/mol. The summed E-state index contributed by atoms with van der Waals surface area (Å²) in [6, 6.07) is 0. The van der Waals surface area contributed by atoms with Gasteiger partial charge in [0.05, 0.1) is 0 Å². The molecule has 0 radical (unpaired) electrons. The fourth-order valence-corrected chi connectivity index (χ4v) is 0.483. The van der Waals surface area contributed by atoms with Crippen molar-refractivity contribution in [3.8, 4) is 0 Å².